The van der Waals surface area contributed by atoms with E-state index in [0.29, 0.717) is 5.52 Å². The van der Waals surface area contributed by atoms with Gasteiger partial charge in [0, 0.05) is 18.8 Å². The fourth-order valence-corrected chi connectivity index (χ4v) is 4.56. The zero-order chi connectivity index (χ0) is 23.9. The fourth-order valence-electron chi connectivity index (χ4n) is 3.30. The van der Waals surface area contributed by atoms with Gasteiger partial charge in [0.2, 0.25) is 0 Å². The van der Waals surface area contributed by atoms with E-state index in [4.69, 9.17) is 0 Å². The quantitative estimate of drug-likeness (QED) is 0.461. The number of nitrogens with one attached hydrogen (secondary N) is 2. The second kappa shape index (κ2) is 8.20. The molecule has 0 unspecified atom stereocenters. The van der Waals surface area contributed by atoms with E-state index in [-0.39, 0.29) is 17.0 Å². The number of imidazole rings is 1. The number of rotatable bonds is 5. The van der Waals surface area contributed by atoms with Gasteiger partial charge in [-0.1, -0.05) is 6.07 Å². The van der Waals surface area contributed by atoms with Gasteiger partial charge in [-0.3, -0.25) is 14.5 Å². The Morgan fingerprint density at radius 3 is 2.58 bits per heavy atom. The van der Waals surface area contributed by atoms with Crippen LogP contribution in [0.3, 0.4) is 0 Å². The number of hydrogen-bond donors (Lipinski definition) is 2. The number of carbonyl (C=O) groups is 1. The molecular formula is C21H16F3N5O3S. The highest BCUT2D eigenvalue weighted by molar-refractivity contribution is 7.92. The summed E-state index contributed by atoms with van der Waals surface area (Å²) in [7, 11) is -2.97. The molecule has 0 fully saturated rings. The summed E-state index contributed by atoms with van der Waals surface area (Å²) >= 11 is 0. The molecule has 0 aliphatic rings. The second-order valence-electron chi connectivity index (χ2n) is 7.01. The van der Waals surface area contributed by atoms with Crippen molar-refractivity contribution in [2.45, 2.75) is 11.8 Å². The van der Waals surface area contributed by atoms with Gasteiger partial charge in [0.15, 0.2) is 11.5 Å². The Bertz CT molecular complexity index is 1520. The number of sulfonamides is 1. The summed E-state index contributed by atoms with van der Waals surface area (Å²) in [6, 6.07) is 5.42. The number of nitrogens with zero attached hydrogens (tertiary/aromatic N) is 3. The van der Waals surface area contributed by atoms with Crippen molar-refractivity contribution in [3.05, 3.63) is 77.9 Å². The van der Waals surface area contributed by atoms with E-state index >= 15 is 4.39 Å². The fraction of sp³-hybridized carbons (Fsp3) is 0.0952. The number of aryl methyl sites for hydroxylation is 1. The summed E-state index contributed by atoms with van der Waals surface area (Å²) in [5.41, 5.74) is -0.421. The summed E-state index contributed by atoms with van der Waals surface area (Å²) in [5.74, 6) is -3.43. The number of benzene rings is 1. The van der Waals surface area contributed by atoms with Crippen LogP contribution >= 0.6 is 0 Å². The Balaban J connectivity index is 1.78. The van der Waals surface area contributed by atoms with Crippen LogP contribution in [0.2, 0.25) is 0 Å². The standard InChI is InChI=1S/C21H16F3N5O3S/c1-11-17(7-13(22)8-26-11)33(31,32)28-15-5-4-14(23)18(19(15)24)12-3-6-16-20(21(30)25-2)27-10-29(16)9-12/h3-10,28H,1-2H3,(H,25,30). The predicted molar refractivity (Wildman–Crippen MR) is 114 cm³/mol. The first kappa shape index (κ1) is 22.3. The van der Waals surface area contributed by atoms with Gasteiger partial charge in [-0.05, 0) is 31.2 Å². The zero-order valence-electron chi connectivity index (χ0n) is 17.2. The lowest BCUT2D eigenvalue weighted by molar-refractivity contribution is 0.0960. The van der Waals surface area contributed by atoms with Crippen molar-refractivity contribution in [2.75, 3.05) is 11.8 Å². The van der Waals surface area contributed by atoms with Crippen LogP contribution in [0.1, 0.15) is 16.2 Å². The number of halogens is 3. The third-order valence-corrected chi connectivity index (χ3v) is 6.37. The minimum Gasteiger partial charge on any atom is -0.354 e. The Morgan fingerprint density at radius 2 is 1.85 bits per heavy atom. The Labute approximate surface area is 186 Å². The van der Waals surface area contributed by atoms with Crippen molar-refractivity contribution < 1.29 is 26.4 Å². The molecule has 8 nitrogen and oxygen atoms in total. The van der Waals surface area contributed by atoms with E-state index in [1.165, 1.54) is 43.0 Å². The molecule has 33 heavy (non-hydrogen) atoms. The Hall–Kier alpha value is -3.93. The molecule has 3 aromatic heterocycles. The van der Waals surface area contributed by atoms with Gasteiger partial charge < -0.3 is 9.72 Å². The van der Waals surface area contributed by atoms with E-state index in [1.54, 1.807) is 0 Å². The molecular weight excluding hydrogens is 459 g/mol. The van der Waals surface area contributed by atoms with Gasteiger partial charge in [-0.15, -0.1) is 0 Å². The molecule has 0 bridgehead atoms. The van der Waals surface area contributed by atoms with Crippen LogP contribution in [0, 0.1) is 24.4 Å². The van der Waals surface area contributed by atoms with Crippen molar-refractivity contribution in [3.8, 4) is 11.1 Å². The van der Waals surface area contributed by atoms with E-state index < -0.39 is 49.5 Å². The SMILES string of the molecule is CNC(=O)c1ncn2cc(-c3c(F)ccc(NS(=O)(=O)c4cc(F)cnc4C)c3F)ccc12. The summed E-state index contributed by atoms with van der Waals surface area (Å²) in [5, 5.41) is 2.45. The molecule has 1 aromatic carbocycles. The molecule has 3 heterocycles. The average molecular weight is 475 g/mol. The molecule has 0 saturated carbocycles. The first-order valence-electron chi connectivity index (χ1n) is 9.44. The Kier molecular flexibility index (Phi) is 5.54. The molecule has 0 spiro atoms. The number of anilines is 1. The number of amides is 1. The minimum absolute atomic E-state index is 0.00382. The number of carbonyl (C=O) groups excluding carboxylic acids is 1. The van der Waals surface area contributed by atoms with Crippen LogP contribution in [0.4, 0.5) is 18.9 Å². The highest BCUT2D eigenvalue weighted by atomic mass is 32.2. The van der Waals surface area contributed by atoms with Crippen molar-refractivity contribution in [2.24, 2.45) is 0 Å². The van der Waals surface area contributed by atoms with Crippen molar-refractivity contribution in [1.29, 1.82) is 0 Å². The maximum Gasteiger partial charge on any atom is 0.271 e. The van der Waals surface area contributed by atoms with Crippen LogP contribution in [0.15, 0.2) is 53.9 Å². The third-order valence-electron chi connectivity index (χ3n) is 4.89. The monoisotopic (exact) mass is 475 g/mol. The summed E-state index contributed by atoms with van der Waals surface area (Å²) in [6.07, 6.45) is 3.52. The lowest BCUT2D eigenvalue weighted by Gasteiger charge is -2.14. The Morgan fingerprint density at radius 1 is 1.09 bits per heavy atom. The number of pyridine rings is 2. The highest BCUT2D eigenvalue weighted by Crippen LogP contribution is 2.32. The lowest BCUT2D eigenvalue weighted by Crippen LogP contribution is -2.18. The molecule has 4 aromatic rings. The van der Waals surface area contributed by atoms with Crippen LogP contribution < -0.4 is 10.0 Å². The van der Waals surface area contributed by atoms with Gasteiger partial charge in [0.05, 0.1) is 28.7 Å². The molecule has 0 radical (unpaired) electrons. The van der Waals surface area contributed by atoms with Gasteiger partial charge in [-0.25, -0.2) is 26.6 Å². The molecule has 170 valence electrons. The minimum atomic E-state index is -4.42. The number of aromatic nitrogens is 3. The van der Waals surface area contributed by atoms with Crippen molar-refractivity contribution >= 4 is 27.1 Å². The molecule has 0 aliphatic heterocycles. The van der Waals surface area contributed by atoms with Crippen molar-refractivity contribution in [3.63, 3.8) is 0 Å². The zero-order valence-corrected chi connectivity index (χ0v) is 18.0. The van der Waals surface area contributed by atoms with E-state index in [0.717, 1.165) is 24.4 Å². The van der Waals surface area contributed by atoms with E-state index in [9.17, 15) is 22.0 Å². The summed E-state index contributed by atoms with van der Waals surface area (Å²) in [6.45, 7) is 1.36. The summed E-state index contributed by atoms with van der Waals surface area (Å²) < 4.78 is 72.3. The second-order valence-corrected chi connectivity index (χ2v) is 8.66. The smallest absolute Gasteiger partial charge is 0.271 e. The first-order valence-corrected chi connectivity index (χ1v) is 10.9. The lowest BCUT2D eigenvalue weighted by atomic mass is 10.0. The first-order chi connectivity index (χ1) is 15.6. The topological polar surface area (TPSA) is 105 Å². The highest BCUT2D eigenvalue weighted by Gasteiger charge is 2.24. The van der Waals surface area contributed by atoms with Gasteiger partial charge in [0.25, 0.3) is 15.9 Å². The maximum atomic E-state index is 15.3. The van der Waals surface area contributed by atoms with Gasteiger partial charge in [0.1, 0.15) is 22.9 Å². The maximum absolute atomic E-state index is 15.3. The van der Waals surface area contributed by atoms with E-state index in [2.05, 4.69) is 15.3 Å². The molecule has 4 rings (SSSR count). The van der Waals surface area contributed by atoms with Crippen LogP contribution in [0.25, 0.3) is 16.6 Å². The van der Waals surface area contributed by atoms with Crippen LogP contribution in [-0.4, -0.2) is 35.7 Å². The molecule has 0 saturated heterocycles. The van der Waals surface area contributed by atoms with Crippen molar-refractivity contribution in [1.82, 2.24) is 19.7 Å². The van der Waals surface area contributed by atoms with Gasteiger partial charge >= 0.3 is 0 Å². The van der Waals surface area contributed by atoms with Gasteiger partial charge in [-0.2, -0.15) is 0 Å². The normalized spacial score (nSPS) is 11.5. The van der Waals surface area contributed by atoms with Crippen LogP contribution in [-0.2, 0) is 10.0 Å². The largest absolute Gasteiger partial charge is 0.354 e. The van der Waals surface area contributed by atoms with Crippen LogP contribution in [0.5, 0.6) is 0 Å². The molecule has 0 atom stereocenters. The molecule has 1 amide bonds. The number of fused-ring (bicyclic) bond motifs is 1. The molecule has 2 N–H and O–H groups in total. The summed E-state index contributed by atoms with van der Waals surface area (Å²) in [4.78, 5) is 19.1. The number of hydrogen-bond acceptors (Lipinski definition) is 5. The molecule has 12 heteroatoms. The van der Waals surface area contributed by atoms with E-state index in [1.807, 2.05) is 4.72 Å². The predicted octanol–water partition coefficient (Wildman–Crippen LogP) is 3.28. The third kappa shape index (κ3) is 4.00. The average Bonchev–Trinajstić information content (AvgIpc) is 3.20. The molecule has 0 aliphatic carbocycles.